The molecule has 2 aromatic rings. The van der Waals surface area contributed by atoms with E-state index in [1.807, 2.05) is 45.0 Å². The molecule has 1 aliphatic rings. The summed E-state index contributed by atoms with van der Waals surface area (Å²) in [5.74, 6) is 1.35. The van der Waals surface area contributed by atoms with Crippen LogP contribution in [0.3, 0.4) is 0 Å². The number of piperidine rings is 1. The van der Waals surface area contributed by atoms with Gasteiger partial charge < -0.3 is 9.84 Å². The Hall–Kier alpha value is -1.92. The van der Waals surface area contributed by atoms with E-state index >= 15 is 0 Å². The smallest absolute Gasteiger partial charge is 0.241 e. The van der Waals surface area contributed by atoms with E-state index in [0.717, 1.165) is 31.5 Å². The number of aromatic nitrogens is 2. The molecule has 26 heavy (non-hydrogen) atoms. The molecule has 0 saturated carbocycles. The summed E-state index contributed by atoms with van der Waals surface area (Å²) in [6.07, 6.45) is 1.69. The lowest BCUT2D eigenvalue weighted by atomic mass is 9.94. The highest BCUT2D eigenvalue weighted by atomic mass is 35.5. The minimum Gasteiger partial charge on any atom is -0.351 e. The van der Waals surface area contributed by atoms with E-state index < -0.39 is 0 Å². The van der Waals surface area contributed by atoms with E-state index in [4.69, 9.17) is 16.1 Å². The van der Waals surface area contributed by atoms with Gasteiger partial charge in [-0.3, -0.25) is 9.69 Å². The lowest BCUT2D eigenvalue weighted by molar-refractivity contribution is -0.127. The standard InChI is InChI=1S/C19H25ClN4O2/c1-19(2,3)22-18(25)13-7-9-24(10-8-13)12-16-21-17(23-26-16)14-5-4-6-15(20)11-14/h4-6,11,13H,7-10,12H2,1-3H3,(H,22,25). The van der Waals surface area contributed by atoms with Gasteiger partial charge in [0.05, 0.1) is 6.54 Å². The van der Waals surface area contributed by atoms with Crippen molar-refractivity contribution >= 4 is 17.5 Å². The highest BCUT2D eigenvalue weighted by molar-refractivity contribution is 6.30. The molecule has 1 N–H and O–H groups in total. The Morgan fingerprint density at radius 1 is 1.35 bits per heavy atom. The van der Waals surface area contributed by atoms with E-state index in [1.165, 1.54) is 0 Å². The Morgan fingerprint density at radius 3 is 2.73 bits per heavy atom. The summed E-state index contributed by atoms with van der Waals surface area (Å²) < 4.78 is 5.38. The predicted octanol–water partition coefficient (Wildman–Crippen LogP) is 3.52. The third kappa shape index (κ3) is 5.05. The Kier molecular flexibility index (Phi) is 5.63. The number of rotatable bonds is 4. The van der Waals surface area contributed by atoms with Crippen molar-refractivity contribution < 1.29 is 9.32 Å². The molecule has 1 amide bonds. The number of likely N-dealkylation sites (tertiary alicyclic amines) is 1. The Labute approximate surface area is 158 Å². The second kappa shape index (κ2) is 7.76. The lowest BCUT2D eigenvalue weighted by Gasteiger charge is -2.32. The molecule has 1 saturated heterocycles. The van der Waals surface area contributed by atoms with Crippen molar-refractivity contribution in [3.8, 4) is 11.4 Å². The van der Waals surface area contributed by atoms with E-state index in [9.17, 15) is 4.79 Å². The van der Waals surface area contributed by atoms with Gasteiger partial charge >= 0.3 is 0 Å². The van der Waals surface area contributed by atoms with Gasteiger partial charge in [0.2, 0.25) is 17.6 Å². The molecule has 0 aliphatic carbocycles. The first-order valence-electron chi connectivity index (χ1n) is 8.93. The molecule has 3 rings (SSSR count). The van der Waals surface area contributed by atoms with Crippen LogP contribution in [0.5, 0.6) is 0 Å². The van der Waals surface area contributed by atoms with Crippen LogP contribution in [-0.2, 0) is 11.3 Å². The van der Waals surface area contributed by atoms with E-state index in [-0.39, 0.29) is 17.4 Å². The van der Waals surface area contributed by atoms with Gasteiger partial charge in [0.1, 0.15) is 0 Å². The van der Waals surface area contributed by atoms with Crippen LogP contribution in [0.15, 0.2) is 28.8 Å². The van der Waals surface area contributed by atoms with E-state index in [0.29, 0.717) is 23.3 Å². The zero-order valence-corrected chi connectivity index (χ0v) is 16.2. The second-order valence-corrected chi connectivity index (χ2v) is 8.25. The molecule has 1 fully saturated rings. The summed E-state index contributed by atoms with van der Waals surface area (Å²) in [7, 11) is 0. The molecule has 7 heteroatoms. The van der Waals surface area contributed by atoms with Crippen LogP contribution in [0.25, 0.3) is 11.4 Å². The molecule has 0 radical (unpaired) electrons. The zero-order valence-electron chi connectivity index (χ0n) is 15.5. The number of hydrogen-bond acceptors (Lipinski definition) is 5. The predicted molar refractivity (Wildman–Crippen MR) is 101 cm³/mol. The molecule has 6 nitrogen and oxygen atoms in total. The highest BCUT2D eigenvalue weighted by Crippen LogP contribution is 2.22. The van der Waals surface area contributed by atoms with Crippen LogP contribution >= 0.6 is 11.6 Å². The first-order valence-corrected chi connectivity index (χ1v) is 9.31. The van der Waals surface area contributed by atoms with E-state index in [2.05, 4.69) is 20.4 Å². The number of halogens is 1. The van der Waals surface area contributed by atoms with E-state index in [1.54, 1.807) is 0 Å². The van der Waals surface area contributed by atoms with Gasteiger partial charge in [-0.25, -0.2) is 0 Å². The average Bonchev–Trinajstić information content (AvgIpc) is 3.02. The summed E-state index contributed by atoms with van der Waals surface area (Å²) in [5, 5.41) is 7.75. The minimum atomic E-state index is -0.186. The monoisotopic (exact) mass is 376 g/mol. The molecular weight excluding hydrogens is 352 g/mol. The number of amides is 1. The van der Waals surface area contributed by atoms with Crippen molar-refractivity contribution in [2.75, 3.05) is 13.1 Å². The fourth-order valence-corrected chi connectivity index (χ4v) is 3.27. The Balaban J connectivity index is 1.53. The number of nitrogens with zero attached hydrogens (tertiary/aromatic N) is 3. The van der Waals surface area contributed by atoms with Crippen molar-refractivity contribution in [1.29, 1.82) is 0 Å². The van der Waals surface area contributed by atoms with Crippen LogP contribution in [0, 0.1) is 5.92 Å². The average molecular weight is 377 g/mol. The highest BCUT2D eigenvalue weighted by Gasteiger charge is 2.28. The van der Waals surface area contributed by atoms with Crippen molar-refractivity contribution in [3.05, 3.63) is 35.2 Å². The number of carbonyl (C=O) groups excluding carboxylic acids is 1. The SMILES string of the molecule is CC(C)(C)NC(=O)C1CCN(Cc2nc(-c3cccc(Cl)c3)no2)CC1. The van der Waals surface area contributed by atoms with Crippen LogP contribution < -0.4 is 5.32 Å². The van der Waals surface area contributed by atoms with Gasteiger partial charge in [0.15, 0.2) is 0 Å². The lowest BCUT2D eigenvalue weighted by Crippen LogP contribution is -2.46. The third-order valence-electron chi connectivity index (χ3n) is 4.37. The maximum Gasteiger partial charge on any atom is 0.241 e. The normalized spacial score (nSPS) is 16.6. The maximum atomic E-state index is 12.3. The molecule has 0 bridgehead atoms. The Morgan fingerprint density at radius 2 is 2.08 bits per heavy atom. The molecule has 1 aliphatic heterocycles. The molecule has 0 unspecified atom stereocenters. The van der Waals surface area contributed by atoms with Gasteiger partial charge in [-0.2, -0.15) is 4.98 Å². The second-order valence-electron chi connectivity index (χ2n) is 7.81. The van der Waals surface area contributed by atoms with Gasteiger partial charge in [0.25, 0.3) is 0 Å². The van der Waals surface area contributed by atoms with Gasteiger partial charge in [-0.05, 0) is 58.8 Å². The number of benzene rings is 1. The summed E-state index contributed by atoms with van der Waals surface area (Å²) in [6.45, 7) is 8.31. The van der Waals surface area contributed by atoms with Crippen molar-refractivity contribution in [3.63, 3.8) is 0 Å². The fraction of sp³-hybridized carbons (Fsp3) is 0.526. The molecule has 1 aromatic heterocycles. The van der Waals surface area contributed by atoms with Gasteiger partial charge in [-0.15, -0.1) is 0 Å². The summed E-state index contributed by atoms with van der Waals surface area (Å²) >= 11 is 6.01. The van der Waals surface area contributed by atoms with Crippen molar-refractivity contribution in [1.82, 2.24) is 20.4 Å². The Bertz CT molecular complexity index is 761. The summed E-state index contributed by atoms with van der Waals surface area (Å²) in [6, 6.07) is 7.39. The zero-order chi connectivity index (χ0) is 18.7. The van der Waals surface area contributed by atoms with Crippen LogP contribution in [0.1, 0.15) is 39.5 Å². The summed E-state index contributed by atoms with van der Waals surface area (Å²) in [4.78, 5) is 19.0. The first kappa shape index (κ1) is 18.9. The minimum absolute atomic E-state index is 0.0789. The van der Waals surface area contributed by atoms with Crippen molar-refractivity contribution in [2.24, 2.45) is 5.92 Å². The largest absolute Gasteiger partial charge is 0.351 e. The van der Waals surface area contributed by atoms with Gasteiger partial charge in [-0.1, -0.05) is 28.9 Å². The molecule has 0 atom stereocenters. The molecule has 140 valence electrons. The van der Waals surface area contributed by atoms with Crippen molar-refractivity contribution in [2.45, 2.75) is 45.7 Å². The van der Waals surface area contributed by atoms with Crippen LogP contribution in [-0.4, -0.2) is 39.6 Å². The van der Waals surface area contributed by atoms with Gasteiger partial charge in [0, 0.05) is 22.0 Å². The fourth-order valence-electron chi connectivity index (χ4n) is 3.08. The van der Waals surface area contributed by atoms with Crippen LogP contribution in [0.2, 0.25) is 5.02 Å². The maximum absolute atomic E-state index is 12.3. The summed E-state index contributed by atoms with van der Waals surface area (Å²) in [5.41, 5.74) is 0.652. The molecule has 1 aromatic carbocycles. The van der Waals surface area contributed by atoms with Crippen LogP contribution in [0.4, 0.5) is 0 Å². The molecular formula is C19H25ClN4O2. The topological polar surface area (TPSA) is 71.3 Å². The number of nitrogens with one attached hydrogen (secondary N) is 1. The number of carbonyl (C=O) groups is 1. The first-order chi connectivity index (χ1) is 12.3. The molecule has 0 spiro atoms. The number of hydrogen-bond donors (Lipinski definition) is 1. The quantitative estimate of drug-likeness (QED) is 0.883. The third-order valence-corrected chi connectivity index (χ3v) is 4.60. The molecule has 2 heterocycles.